The summed E-state index contributed by atoms with van der Waals surface area (Å²) in [5.74, 6) is 2.18. The molecule has 3 aromatic rings. The molecule has 2 fully saturated rings. The first-order valence-corrected chi connectivity index (χ1v) is 14.1. The normalized spacial score (nSPS) is 21.5. The highest BCUT2D eigenvalue weighted by molar-refractivity contribution is 7.88. The Balaban J connectivity index is 1.29. The lowest BCUT2D eigenvalue weighted by atomic mass is 9.78. The molecule has 6 nitrogen and oxygen atoms in total. The van der Waals surface area contributed by atoms with Crippen LogP contribution in [0.2, 0.25) is 0 Å². The number of sulfonamides is 1. The molecule has 0 bridgehead atoms. The van der Waals surface area contributed by atoms with Gasteiger partial charge in [0.2, 0.25) is 15.9 Å². The van der Waals surface area contributed by atoms with Crippen LogP contribution in [-0.4, -0.2) is 29.4 Å². The van der Waals surface area contributed by atoms with Crippen LogP contribution in [0.3, 0.4) is 0 Å². The Labute approximate surface area is 202 Å². The number of benzene rings is 2. The molecule has 2 aromatic carbocycles. The molecular formula is C27H33N3O3S. The SMILES string of the molecule is O=S(=O)(Cc1ccccc1)N1CC(CC2CCC2)CC1c1nc(CCCc2ccccc2)no1. The lowest BCUT2D eigenvalue weighted by Gasteiger charge is -2.27. The number of aromatic nitrogens is 2. The van der Waals surface area contributed by atoms with Crippen molar-refractivity contribution in [3.8, 4) is 0 Å². The van der Waals surface area contributed by atoms with E-state index in [-0.39, 0.29) is 11.8 Å². The molecule has 2 atom stereocenters. The van der Waals surface area contributed by atoms with E-state index in [1.54, 1.807) is 4.31 Å². The zero-order chi connectivity index (χ0) is 23.4. The third-order valence-electron chi connectivity index (χ3n) is 7.26. The summed E-state index contributed by atoms with van der Waals surface area (Å²) in [7, 11) is -3.51. The van der Waals surface area contributed by atoms with E-state index in [0.717, 1.165) is 37.2 Å². The third-order valence-corrected chi connectivity index (χ3v) is 9.08. The minimum Gasteiger partial charge on any atom is -0.338 e. The van der Waals surface area contributed by atoms with Crippen LogP contribution >= 0.6 is 0 Å². The van der Waals surface area contributed by atoms with E-state index in [2.05, 4.69) is 22.3 Å². The molecule has 180 valence electrons. The van der Waals surface area contributed by atoms with Crippen LogP contribution in [0.4, 0.5) is 0 Å². The first-order valence-electron chi connectivity index (χ1n) is 12.5. The summed E-state index contributed by atoms with van der Waals surface area (Å²) in [4.78, 5) is 4.66. The predicted octanol–water partition coefficient (Wildman–Crippen LogP) is 5.33. The zero-order valence-corrected chi connectivity index (χ0v) is 20.4. The average molecular weight is 480 g/mol. The monoisotopic (exact) mass is 479 g/mol. The van der Waals surface area contributed by atoms with Gasteiger partial charge in [-0.15, -0.1) is 0 Å². The van der Waals surface area contributed by atoms with E-state index in [9.17, 15) is 8.42 Å². The minimum absolute atomic E-state index is 0.00143. The molecule has 1 aliphatic carbocycles. The Kier molecular flexibility index (Phi) is 7.11. The van der Waals surface area contributed by atoms with Crippen LogP contribution < -0.4 is 0 Å². The van der Waals surface area contributed by atoms with Crippen LogP contribution in [0, 0.1) is 11.8 Å². The Morgan fingerprint density at radius 2 is 1.62 bits per heavy atom. The van der Waals surface area contributed by atoms with Crippen LogP contribution in [0.15, 0.2) is 65.2 Å². The van der Waals surface area contributed by atoms with Gasteiger partial charge in [0.25, 0.3) is 0 Å². The summed E-state index contributed by atoms with van der Waals surface area (Å²) < 4.78 is 34.2. The highest BCUT2D eigenvalue weighted by atomic mass is 32.2. The topological polar surface area (TPSA) is 76.3 Å². The summed E-state index contributed by atoms with van der Waals surface area (Å²) in [6.45, 7) is 0.544. The molecule has 7 heteroatoms. The van der Waals surface area contributed by atoms with Crippen LogP contribution in [0.1, 0.15) is 67.4 Å². The maximum atomic E-state index is 13.5. The van der Waals surface area contributed by atoms with Gasteiger partial charge in [-0.3, -0.25) is 0 Å². The molecule has 5 rings (SSSR count). The van der Waals surface area contributed by atoms with Crippen molar-refractivity contribution in [1.29, 1.82) is 0 Å². The molecular weight excluding hydrogens is 446 g/mol. The Morgan fingerprint density at radius 1 is 0.912 bits per heavy atom. The summed E-state index contributed by atoms with van der Waals surface area (Å²) >= 11 is 0. The van der Waals surface area contributed by atoms with Gasteiger partial charge in [0.1, 0.15) is 6.04 Å². The second kappa shape index (κ2) is 10.4. The van der Waals surface area contributed by atoms with Crippen LogP contribution in [-0.2, 0) is 28.6 Å². The number of rotatable bonds is 10. The van der Waals surface area contributed by atoms with Crippen molar-refractivity contribution < 1.29 is 12.9 Å². The van der Waals surface area contributed by atoms with Crippen molar-refractivity contribution in [2.45, 2.75) is 63.2 Å². The van der Waals surface area contributed by atoms with E-state index in [4.69, 9.17) is 4.52 Å². The quantitative estimate of drug-likeness (QED) is 0.393. The fraction of sp³-hybridized carbons (Fsp3) is 0.481. The standard InChI is InChI=1S/C27H33N3O3S/c31-34(32,20-23-11-5-2-6-12-23)30-19-24(17-22-14-7-15-22)18-25(30)27-28-26(29-33-27)16-8-13-21-9-3-1-4-10-21/h1-6,9-12,22,24-25H,7-8,13-20H2. The second-order valence-corrected chi connectivity index (χ2v) is 11.8. The molecule has 1 saturated heterocycles. The van der Waals surface area contributed by atoms with Gasteiger partial charge >= 0.3 is 0 Å². The van der Waals surface area contributed by atoms with Crippen LogP contribution in [0.5, 0.6) is 0 Å². The van der Waals surface area contributed by atoms with Gasteiger partial charge in [-0.2, -0.15) is 9.29 Å². The van der Waals surface area contributed by atoms with Crippen molar-refractivity contribution in [2.24, 2.45) is 11.8 Å². The lowest BCUT2D eigenvalue weighted by molar-refractivity contribution is 0.252. The largest absolute Gasteiger partial charge is 0.338 e. The van der Waals surface area contributed by atoms with Gasteiger partial charge < -0.3 is 4.52 Å². The molecule has 34 heavy (non-hydrogen) atoms. The molecule has 2 heterocycles. The van der Waals surface area contributed by atoms with Gasteiger partial charge in [0.15, 0.2) is 5.82 Å². The second-order valence-electron chi connectivity index (χ2n) is 9.85. The lowest BCUT2D eigenvalue weighted by Crippen LogP contribution is -2.32. The van der Waals surface area contributed by atoms with Crippen molar-refractivity contribution in [2.75, 3.05) is 6.54 Å². The van der Waals surface area contributed by atoms with Gasteiger partial charge in [0, 0.05) is 13.0 Å². The zero-order valence-electron chi connectivity index (χ0n) is 19.6. The molecule has 0 N–H and O–H groups in total. The van der Waals surface area contributed by atoms with Gasteiger partial charge in [-0.05, 0) is 48.6 Å². The number of nitrogens with zero attached hydrogens (tertiary/aromatic N) is 3. The van der Waals surface area contributed by atoms with Gasteiger partial charge in [0.05, 0.1) is 5.75 Å². The van der Waals surface area contributed by atoms with E-state index >= 15 is 0 Å². The first kappa shape index (κ1) is 23.2. The highest BCUT2D eigenvalue weighted by Gasteiger charge is 2.43. The fourth-order valence-electron chi connectivity index (χ4n) is 5.26. The van der Waals surface area contributed by atoms with E-state index in [1.807, 2.05) is 48.5 Å². The summed E-state index contributed by atoms with van der Waals surface area (Å²) in [5.41, 5.74) is 2.09. The summed E-state index contributed by atoms with van der Waals surface area (Å²) in [5, 5.41) is 4.20. The van der Waals surface area contributed by atoms with E-state index in [1.165, 1.54) is 24.8 Å². The molecule has 1 aliphatic heterocycles. The number of hydrogen-bond acceptors (Lipinski definition) is 5. The number of aryl methyl sites for hydroxylation is 2. The van der Waals surface area contributed by atoms with Crippen molar-refractivity contribution in [1.82, 2.24) is 14.4 Å². The first-order chi connectivity index (χ1) is 16.6. The van der Waals surface area contributed by atoms with E-state index in [0.29, 0.717) is 30.6 Å². The molecule has 0 radical (unpaired) electrons. The molecule has 2 unspecified atom stereocenters. The number of hydrogen-bond donors (Lipinski definition) is 0. The third kappa shape index (κ3) is 5.58. The predicted molar refractivity (Wildman–Crippen MR) is 131 cm³/mol. The van der Waals surface area contributed by atoms with E-state index < -0.39 is 10.0 Å². The molecule has 1 aromatic heterocycles. The molecule has 0 amide bonds. The van der Waals surface area contributed by atoms with Crippen LogP contribution in [0.25, 0.3) is 0 Å². The van der Waals surface area contributed by atoms with Crippen molar-refractivity contribution in [3.63, 3.8) is 0 Å². The minimum atomic E-state index is -3.51. The Bertz CT molecular complexity index is 1160. The Hall–Kier alpha value is -2.51. The van der Waals surface area contributed by atoms with Gasteiger partial charge in [-0.25, -0.2) is 8.42 Å². The van der Waals surface area contributed by atoms with Crippen molar-refractivity contribution in [3.05, 3.63) is 83.5 Å². The average Bonchev–Trinajstić information content (AvgIpc) is 3.45. The fourth-order valence-corrected chi connectivity index (χ4v) is 7.04. The Morgan fingerprint density at radius 3 is 2.29 bits per heavy atom. The maximum absolute atomic E-state index is 13.5. The smallest absolute Gasteiger partial charge is 0.245 e. The summed E-state index contributed by atoms with van der Waals surface area (Å²) in [6, 6.07) is 19.4. The maximum Gasteiger partial charge on any atom is 0.245 e. The molecule has 1 saturated carbocycles. The molecule has 2 aliphatic rings. The summed E-state index contributed by atoms with van der Waals surface area (Å²) in [6.07, 6.45) is 8.28. The van der Waals surface area contributed by atoms with Crippen molar-refractivity contribution >= 4 is 10.0 Å². The van der Waals surface area contributed by atoms with Gasteiger partial charge in [-0.1, -0.05) is 85.1 Å². The molecule has 0 spiro atoms. The highest BCUT2D eigenvalue weighted by Crippen LogP contribution is 2.43.